The summed E-state index contributed by atoms with van der Waals surface area (Å²) in [6.45, 7) is 6.05. The summed E-state index contributed by atoms with van der Waals surface area (Å²) in [6, 6.07) is 3.48. The molecule has 1 aromatic heterocycles. The molecule has 0 aliphatic rings. The molecular weight excluding hydrogens is 164 g/mol. The molecule has 1 N–H and O–H groups in total. The Morgan fingerprint density at radius 3 is 2.77 bits per heavy atom. The van der Waals surface area contributed by atoms with Crippen molar-refractivity contribution in [1.29, 1.82) is 0 Å². The first-order chi connectivity index (χ1) is 6.13. The number of anilines is 1. The van der Waals surface area contributed by atoms with Crippen molar-refractivity contribution < 1.29 is 4.74 Å². The third-order valence-electron chi connectivity index (χ3n) is 1.58. The van der Waals surface area contributed by atoms with Crippen LogP contribution in [-0.2, 0) is 0 Å². The van der Waals surface area contributed by atoms with Crippen LogP contribution in [0.25, 0.3) is 0 Å². The first-order valence-electron chi connectivity index (χ1n) is 4.33. The van der Waals surface area contributed by atoms with Crippen molar-refractivity contribution in [3.8, 4) is 5.75 Å². The summed E-state index contributed by atoms with van der Waals surface area (Å²) in [6.07, 6.45) is 1.70. The molecule has 1 rings (SSSR count). The molecule has 0 saturated heterocycles. The maximum atomic E-state index is 5.14. The molecule has 0 bridgehead atoms. The highest BCUT2D eigenvalue weighted by Crippen LogP contribution is 2.23. The van der Waals surface area contributed by atoms with Crippen LogP contribution in [0.2, 0.25) is 0 Å². The molecule has 1 radical (unpaired) electrons. The molecule has 0 aliphatic carbocycles. The second-order valence-electron chi connectivity index (χ2n) is 3.21. The molecule has 0 unspecified atom stereocenters. The second kappa shape index (κ2) is 4.12. The Bertz CT molecular complexity index is 284. The van der Waals surface area contributed by atoms with E-state index in [2.05, 4.69) is 30.2 Å². The van der Waals surface area contributed by atoms with Crippen LogP contribution >= 0.6 is 0 Å². The van der Waals surface area contributed by atoms with E-state index in [1.54, 1.807) is 13.3 Å². The Morgan fingerprint density at radius 1 is 1.54 bits per heavy atom. The predicted octanol–water partition coefficient (Wildman–Crippen LogP) is 2.02. The third kappa shape index (κ3) is 2.61. The van der Waals surface area contributed by atoms with E-state index < -0.39 is 0 Å². The van der Waals surface area contributed by atoms with Gasteiger partial charge in [0.15, 0.2) is 5.75 Å². The van der Waals surface area contributed by atoms with E-state index in [9.17, 15) is 0 Å². The normalized spacial score (nSPS) is 10.2. The lowest BCUT2D eigenvalue weighted by atomic mass is 10.3. The molecule has 0 spiro atoms. The summed E-state index contributed by atoms with van der Waals surface area (Å²) in [4.78, 5) is 4.10. The molecule has 1 aromatic rings. The van der Waals surface area contributed by atoms with Crippen LogP contribution in [0.1, 0.15) is 19.5 Å². The summed E-state index contributed by atoms with van der Waals surface area (Å²) >= 11 is 0. The van der Waals surface area contributed by atoms with Crippen LogP contribution in [0.15, 0.2) is 6.20 Å². The molecule has 3 heteroatoms. The molecule has 0 atom stereocenters. The molecule has 0 aromatic carbocycles. The monoisotopic (exact) mass is 179 g/mol. The number of pyridine rings is 1. The van der Waals surface area contributed by atoms with Gasteiger partial charge in [0.05, 0.1) is 19.0 Å². The van der Waals surface area contributed by atoms with Crippen molar-refractivity contribution in [3.05, 3.63) is 18.0 Å². The van der Waals surface area contributed by atoms with Gasteiger partial charge in [0, 0.05) is 17.8 Å². The minimum absolute atomic E-state index is 0.368. The van der Waals surface area contributed by atoms with Crippen LogP contribution in [0, 0.1) is 13.0 Å². The van der Waals surface area contributed by atoms with Crippen LogP contribution in [-0.4, -0.2) is 18.1 Å². The van der Waals surface area contributed by atoms with Gasteiger partial charge in [-0.2, -0.15) is 0 Å². The van der Waals surface area contributed by atoms with Gasteiger partial charge in [-0.25, -0.2) is 0 Å². The van der Waals surface area contributed by atoms with Crippen molar-refractivity contribution in [2.75, 3.05) is 12.4 Å². The first kappa shape index (κ1) is 9.84. The van der Waals surface area contributed by atoms with Crippen molar-refractivity contribution >= 4 is 5.69 Å². The molecule has 0 aliphatic heterocycles. The molecule has 1 heterocycles. The lowest BCUT2D eigenvalue weighted by molar-refractivity contribution is 0.414. The maximum Gasteiger partial charge on any atom is 0.160 e. The molecule has 0 amide bonds. The highest BCUT2D eigenvalue weighted by molar-refractivity contribution is 5.55. The zero-order chi connectivity index (χ0) is 9.84. The number of methoxy groups -OCH3 is 1. The average molecular weight is 179 g/mol. The Labute approximate surface area is 79.1 Å². The van der Waals surface area contributed by atoms with Crippen LogP contribution in [0.3, 0.4) is 0 Å². The third-order valence-corrected chi connectivity index (χ3v) is 1.58. The number of hydrogen-bond donors (Lipinski definition) is 1. The van der Waals surface area contributed by atoms with Gasteiger partial charge < -0.3 is 10.1 Å². The minimum atomic E-state index is 0.368. The second-order valence-corrected chi connectivity index (χ2v) is 3.21. The quantitative estimate of drug-likeness (QED) is 0.770. The Kier molecular flexibility index (Phi) is 3.12. The van der Waals surface area contributed by atoms with Gasteiger partial charge in [0.2, 0.25) is 0 Å². The zero-order valence-electron chi connectivity index (χ0n) is 8.51. The smallest absolute Gasteiger partial charge is 0.160 e. The molecule has 0 saturated carbocycles. The van der Waals surface area contributed by atoms with Gasteiger partial charge >= 0.3 is 0 Å². The van der Waals surface area contributed by atoms with Gasteiger partial charge in [-0.1, -0.05) is 0 Å². The lowest BCUT2D eigenvalue weighted by Gasteiger charge is -2.13. The van der Waals surface area contributed by atoms with Gasteiger partial charge in [0.1, 0.15) is 0 Å². The molecule has 13 heavy (non-hydrogen) atoms. The first-order valence-corrected chi connectivity index (χ1v) is 4.33. The van der Waals surface area contributed by atoms with Gasteiger partial charge in [-0.05, 0) is 20.8 Å². The van der Waals surface area contributed by atoms with Crippen LogP contribution in [0.4, 0.5) is 5.69 Å². The van der Waals surface area contributed by atoms with Gasteiger partial charge in [0.25, 0.3) is 0 Å². The number of nitrogens with zero attached hydrogens (tertiary/aromatic N) is 1. The summed E-state index contributed by atoms with van der Waals surface area (Å²) in [5.41, 5.74) is 1.74. The molecular formula is C10H15N2O. The van der Waals surface area contributed by atoms with Crippen molar-refractivity contribution in [1.82, 2.24) is 4.98 Å². The summed E-state index contributed by atoms with van der Waals surface area (Å²) in [5, 5.41) is 3.24. The van der Waals surface area contributed by atoms with Gasteiger partial charge in [-0.15, -0.1) is 0 Å². The summed E-state index contributed by atoms with van der Waals surface area (Å²) in [5.74, 6) is 0.735. The van der Waals surface area contributed by atoms with E-state index >= 15 is 0 Å². The van der Waals surface area contributed by atoms with Crippen LogP contribution in [0.5, 0.6) is 5.75 Å². The number of aryl methyl sites for hydroxylation is 1. The largest absolute Gasteiger partial charge is 0.493 e. The van der Waals surface area contributed by atoms with Crippen molar-refractivity contribution in [3.63, 3.8) is 0 Å². The SMILES string of the molecule is COc1cnc(C)[c]c1NC(C)C. The van der Waals surface area contributed by atoms with Gasteiger partial charge in [-0.3, -0.25) is 4.98 Å². The summed E-state index contributed by atoms with van der Waals surface area (Å²) in [7, 11) is 1.63. The zero-order valence-corrected chi connectivity index (χ0v) is 8.51. The van der Waals surface area contributed by atoms with Crippen LogP contribution < -0.4 is 10.1 Å². The number of ether oxygens (including phenoxy) is 1. The van der Waals surface area contributed by atoms with Crippen molar-refractivity contribution in [2.24, 2.45) is 0 Å². The standard InChI is InChI=1S/C10H15N2O/c1-7(2)12-9-5-8(3)11-6-10(9)13-4/h6-7H,1-4H3,(H,11,12). The summed E-state index contributed by atoms with van der Waals surface area (Å²) < 4.78 is 5.14. The van der Waals surface area contributed by atoms with E-state index in [1.165, 1.54) is 0 Å². The fourth-order valence-electron chi connectivity index (χ4n) is 1.05. The predicted molar refractivity (Wildman–Crippen MR) is 53.1 cm³/mol. The van der Waals surface area contributed by atoms with E-state index in [-0.39, 0.29) is 0 Å². The Balaban J connectivity index is 2.94. The Morgan fingerprint density at radius 2 is 2.23 bits per heavy atom. The number of nitrogens with one attached hydrogen (secondary N) is 1. The highest BCUT2D eigenvalue weighted by Gasteiger charge is 2.04. The highest BCUT2D eigenvalue weighted by atomic mass is 16.5. The van der Waals surface area contributed by atoms with E-state index in [4.69, 9.17) is 4.74 Å². The minimum Gasteiger partial charge on any atom is -0.493 e. The van der Waals surface area contributed by atoms with E-state index in [0.717, 1.165) is 17.1 Å². The van der Waals surface area contributed by atoms with Crippen molar-refractivity contribution in [2.45, 2.75) is 26.8 Å². The topological polar surface area (TPSA) is 34.1 Å². The lowest BCUT2D eigenvalue weighted by Crippen LogP contribution is -2.11. The maximum absolute atomic E-state index is 5.14. The number of hydrogen-bond acceptors (Lipinski definition) is 3. The molecule has 3 nitrogen and oxygen atoms in total. The fourth-order valence-corrected chi connectivity index (χ4v) is 1.05. The number of rotatable bonds is 3. The van der Waals surface area contributed by atoms with E-state index in [0.29, 0.717) is 6.04 Å². The van der Waals surface area contributed by atoms with E-state index in [1.807, 2.05) is 6.92 Å². The molecule has 71 valence electrons. The average Bonchev–Trinajstić information content (AvgIpc) is 2.03. The fraction of sp³-hybridized carbons (Fsp3) is 0.500. The molecule has 0 fully saturated rings. The number of aromatic nitrogens is 1. The Hall–Kier alpha value is -1.25.